The number of thiocarbonyl (C=S) groups is 1. The Labute approximate surface area is 74.1 Å². The summed E-state index contributed by atoms with van der Waals surface area (Å²) in [5.74, 6) is 0.0222. The van der Waals surface area contributed by atoms with Gasteiger partial charge in [0.1, 0.15) is 0 Å². The summed E-state index contributed by atoms with van der Waals surface area (Å²) >= 11 is 8.33. The van der Waals surface area contributed by atoms with Crippen LogP contribution in [0.1, 0.15) is 0 Å². The van der Waals surface area contributed by atoms with Gasteiger partial charge in [0.05, 0.1) is 5.88 Å². The minimum absolute atomic E-state index is 0.00910. The van der Waals surface area contributed by atoms with Gasteiger partial charge in [0.25, 0.3) is 0 Å². The van der Waals surface area contributed by atoms with Crippen LogP contribution < -0.4 is 5.48 Å². The zero-order valence-corrected chi connectivity index (χ0v) is 7.58. The molecule has 0 spiro atoms. The van der Waals surface area contributed by atoms with E-state index in [9.17, 15) is 8.42 Å². The normalized spacial score (nSPS) is 23.0. The van der Waals surface area contributed by atoms with Gasteiger partial charge in [0.2, 0.25) is 5.11 Å². The average molecular weight is 216 g/mol. The highest BCUT2D eigenvalue weighted by Crippen LogP contribution is 2.07. The summed E-state index contributed by atoms with van der Waals surface area (Å²) < 4.78 is 29.3. The molecule has 1 aliphatic heterocycles. The van der Waals surface area contributed by atoms with Crippen molar-refractivity contribution < 1.29 is 17.0 Å². The van der Waals surface area contributed by atoms with Gasteiger partial charge < -0.3 is 0 Å². The molecule has 9 heteroatoms. The number of thiol groups is 1. The van der Waals surface area contributed by atoms with Crippen LogP contribution in [0.2, 0.25) is 0 Å². The number of hydroxylamine groups is 3. The Hall–Kier alpha value is -0.0900. The third-order valence-electron chi connectivity index (χ3n) is 0.767. The molecule has 64 valence electrons. The molecule has 1 fully saturated rings. The molecule has 0 amide bonds. The maximum atomic E-state index is 10.5. The molecule has 0 bridgehead atoms. The molecule has 1 heterocycles. The summed E-state index contributed by atoms with van der Waals surface area (Å²) in [6.45, 7) is 0. The van der Waals surface area contributed by atoms with Gasteiger partial charge in [0.15, 0.2) is 0 Å². The van der Waals surface area contributed by atoms with Crippen LogP contribution in [0.3, 0.4) is 0 Å². The molecule has 0 radical (unpaired) electrons. The molecule has 1 rings (SSSR count). The first-order valence-electron chi connectivity index (χ1n) is 2.36. The van der Waals surface area contributed by atoms with Crippen LogP contribution in [0.5, 0.6) is 0 Å². The standard InChI is InChI=1S/C2H4N2O4S3/c5-11(6)7-3-2(10)4(1-9)8-11/h9H,1H2,(H,3,10). The van der Waals surface area contributed by atoms with Crippen molar-refractivity contribution in [3.8, 4) is 0 Å². The molecular weight excluding hydrogens is 212 g/mol. The Morgan fingerprint density at radius 3 is 2.82 bits per heavy atom. The van der Waals surface area contributed by atoms with E-state index in [4.69, 9.17) is 0 Å². The number of rotatable bonds is 1. The Morgan fingerprint density at radius 2 is 2.36 bits per heavy atom. The summed E-state index contributed by atoms with van der Waals surface area (Å²) in [6.07, 6.45) is 0. The predicted octanol–water partition coefficient (Wildman–Crippen LogP) is -0.828. The van der Waals surface area contributed by atoms with E-state index in [1.807, 2.05) is 5.48 Å². The number of hydrogen-bond donors (Lipinski definition) is 2. The number of hydrogen-bond acceptors (Lipinski definition) is 6. The van der Waals surface area contributed by atoms with Gasteiger partial charge in [0, 0.05) is 0 Å². The summed E-state index contributed by atoms with van der Waals surface area (Å²) in [5, 5.41) is 0.868. The SMILES string of the molecule is O=S1(=O)ONC(=S)N(CS)O1. The third-order valence-corrected chi connectivity index (χ3v) is 1.96. The molecule has 1 saturated heterocycles. The summed E-state index contributed by atoms with van der Waals surface area (Å²) in [4.78, 5) is 0. The molecule has 1 aliphatic rings. The van der Waals surface area contributed by atoms with Gasteiger partial charge in [-0.3, -0.25) is 0 Å². The summed E-state index contributed by atoms with van der Waals surface area (Å²) in [6, 6.07) is 0. The van der Waals surface area contributed by atoms with E-state index in [0.717, 1.165) is 5.06 Å². The van der Waals surface area contributed by atoms with Crippen molar-refractivity contribution in [3.05, 3.63) is 0 Å². The zero-order chi connectivity index (χ0) is 8.48. The second-order valence-electron chi connectivity index (χ2n) is 1.49. The monoisotopic (exact) mass is 216 g/mol. The maximum Gasteiger partial charge on any atom is 0.442 e. The lowest BCUT2D eigenvalue weighted by molar-refractivity contribution is -0.0149. The first kappa shape index (κ1) is 9.00. The average Bonchev–Trinajstić information content (AvgIpc) is 1.94. The summed E-state index contributed by atoms with van der Waals surface area (Å²) in [7, 11) is -4.00. The van der Waals surface area contributed by atoms with Crippen LogP contribution >= 0.6 is 24.8 Å². The van der Waals surface area contributed by atoms with Crippen molar-refractivity contribution >= 4 is 40.4 Å². The first-order valence-corrected chi connectivity index (χ1v) is 4.74. The molecule has 0 atom stereocenters. The molecule has 0 saturated carbocycles. The molecule has 1 N–H and O–H groups in total. The second-order valence-corrected chi connectivity index (χ2v) is 3.30. The highest BCUT2D eigenvalue weighted by Gasteiger charge is 2.27. The van der Waals surface area contributed by atoms with Gasteiger partial charge in [-0.2, -0.15) is 26.1 Å². The van der Waals surface area contributed by atoms with E-state index in [1.54, 1.807) is 0 Å². The molecule has 11 heavy (non-hydrogen) atoms. The lowest BCUT2D eigenvalue weighted by Gasteiger charge is -2.24. The largest absolute Gasteiger partial charge is 0.442 e. The molecular formula is C2H4N2O4S3. The quantitative estimate of drug-likeness (QED) is 0.438. The fourth-order valence-electron chi connectivity index (χ4n) is 0.385. The molecule has 6 nitrogen and oxygen atoms in total. The van der Waals surface area contributed by atoms with Crippen LogP contribution in [0.15, 0.2) is 0 Å². The highest BCUT2D eigenvalue weighted by molar-refractivity contribution is 7.83. The maximum absolute atomic E-state index is 10.5. The number of nitrogens with one attached hydrogen (secondary N) is 1. The molecule has 0 unspecified atom stereocenters. The van der Waals surface area contributed by atoms with E-state index in [0.29, 0.717) is 0 Å². The second kappa shape index (κ2) is 3.11. The van der Waals surface area contributed by atoms with Gasteiger partial charge >= 0.3 is 10.4 Å². The van der Waals surface area contributed by atoms with Crippen molar-refractivity contribution in [1.82, 2.24) is 10.5 Å². The van der Waals surface area contributed by atoms with Crippen LogP contribution in [-0.2, 0) is 19.0 Å². The van der Waals surface area contributed by atoms with Crippen molar-refractivity contribution in [2.24, 2.45) is 0 Å². The fraction of sp³-hybridized carbons (Fsp3) is 0.500. The molecule has 0 aromatic rings. The Morgan fingerprint density at radius 1 is 1.73 bits per heavy atom. The van der Waals surface area contributed by atoms with Gasteiger partial charge in [-0.05, 0) is 12.2 Å². The van der Waals surface area contributed by atoms with Crippen LogP contribution in [-0.4, -0.2) is 24.5 Å². The predicted molar refractivity (Wildman–Crippen MR) is 42.5 cm³/mol. The van der Waals surface area contributed by atoms with Crippen molar-refractivity contribution in [3.63, 3.8) is 0 Å². The van der Waals surface area contributed by atoms with Crippen LogP contribution in [0.25, 0.3) is 0 Å². The van der Waals surface area contributed by atoms with Gasteiger partial charge in [-0.1, -0.05) is 0 Å². The zero-order valence-electron chi connectivity index (χ0n) is 5.05. The highest BCUT2D eigenvalue weighted by atomic mass is 32.3. The lowest BCUT2D eigenvalue weighted by Crippen LogP contribution is -2.47. The summed E-state index contributed by atoms with van der Waals surface area (Å²) in [5.41, 5.74) is 1.97. The lowest BCUT2D eigenvalue weighted by atomic mass is 11.0. The minimum Gasteiger partial charge on any atom is -0.220 e. The van der Waals surface area contributed by atoms with Crippen LogP contribution in [0, 0.1) is 0 Å². The fourth-order valence-corrected chi connectivity index (χ4v) is 1.56. The van der Waals surface area contributed by atoms with Gasteiger partial charge in [-0.15, -0.1) is 8.57 Å². The Kier molecular flexibility index (Phi) is 2.54. The third kappa shape index (κ3) is 2.17. The van der Waals surface area contributed by atoms with Crippen molar-refractivity contribution in [2.75, 3.05) is 5.88 Å². The van der Waals surface area contributed by atoms with Crippen molar-refractivity contribution in [1.29, 1.82) is 0 Å². The smallest absolute Gasteiger partial charge is 0.220 e. The number of nitrogens with zero attached hydrogens (tertiary/aromatic N) is 1. The first-order chi connectivity index (χ1) is 5.05. The van der Waals surface area contributed by atoms with E-state index in [2.05, 4.69) is 33.4 Å². The Bertz CT molecular complexity index is 261. The topological polar surface area (TPSA) is 67.9 Å². The molecule has 0 aromatic carbocycles. The van der Waals surface area contributed by atoms with Crippen LogP contribution in [0.4, 0.5) is 0 Å². The van der Waals surface area contributed by atoms with E-state index < -0.39 is 10.4 Å². The Balaban J connectivity index is 2.74. The van der Waals surface area contributed by atoms with E-state index in [1.165, 1.54) is 0 Å². The molecule has 0 aliphatic carbocycles. The van der Waals surface area contributed by atoms with E-state index in [-0.39, 0.29) is 11.0 Å². The minimum atomic E-state index is -4.00. The van der Waals surface area contributed by atoms with Crippen molar-refractivity contribution in [2.45, 2.75) is 0 Å². The van der Waals surface area contributed by atoms with E-state index >= 15 is 0 Å². The van der Waals surface area contributed by atoms with Gasteiger partial charge in [-0.25, -0.2) is 5.48 Å². The molecule has 0 aromatic heterocycles.